The molecule has 0 bridgehead atoms. The lowest BCUT2D eigenvalue weighted by Gasteiger charge is -2.35. The Morgan fingerprint density at radius 1 is 0.746 bits per heavy atom. The second kappa shape index (κ2) is 21.2. The van der Waals surface area contributed by atoms with E-state index in [0.717, 1.165) is 0 Å². The number of nitrogens with zero attached hydrogens (tertiary/aromatic N) is 10. The van der Waals surface area contributed by atoms with Crippen molar-refractivity contribution in [1.29, 1.82) is 0 Å². The smallest absolute Gasteiger partial charge is 0.282 e. The third-order valence-electron chi connectivity index (χ3n) is 12.1. The van der Waals surface area contributed by atoms with Crippen molar-refractivity contribution < 1.29 is 41.8 Å². The van der Waals surface area contributed by atoms with Gasteiger partial charge in [0.15, 0.2) is 0 Å². The van der Waals surface area contributed by atoms with Crippen molar-refractivity contribution >= 4 is 67.8 Å². The number of fused-ring (bicyclic) bond motifs is 2. The quantitative estimate of drug-likeness (QED) is 0.0756. The summed E-state index contributed by atoms with van der Waals surface area (Å²) in [6.45, 7) is 10.4. The SMILES string of the molecule is CCn1nc(C)cc1C(=O)Nc1nc2cc(C(N)=O)cc(OC)c2n1C/C=C/Cn1c(NC(=O)c2cc(C)nn2CC)nc2cc(C(N)=O)cc(OCC#CC3CCN(S(=O)(=O)N4CCOCC4)CC3)c21. The van der Waals surface area contributed by atoms with Crippen LogP contribution in [0.5, 0.6) is 11.5 Å². The molecule has 0 unspecified atom stereocenters. The number of imidazole rings is 2. The first kappa shape index (κ1) is 49.8. The molecule has 2 aliphatic rings. The third-order valence-corrected chi connectivity index (χ3v) is 14.2. The zero-order valence-electron chi connectivity index (χ0n) is 40.1. The Morgan fingerprint density at radius 3 is 1.70 bits per heavy atom. The minimum absolute atomic E-state index is 0.0694. The Morgan fingerprint density at radius 2 is 1.23 bits per heavy atom. The van der Waals surface area contributed by atoms with Crippen molar-refractivity contribution in [3.8, 4) is 23.3 Å². The summed E-state index contributed by atoms with van der Waals surface area (Å²) in [6, 6.07) is 9.37. The number of piperidine rings is 1. The molecule has 6 N–H and O–H groups in total. The van der Waals surface area contributed by atoms with Crippen molar-refractivity contribution in [3.05, 3.63) is 82.5 Å². The number of primary amides is 2. The van der Waals surface area contributed by atoms with Gasteiger partial charge in [0.25, 0.3) is 22.0 Å². The second-order valence-electron chi connectivity index (χ2n) is 16.9. The number of methoxy groups -OCH3 is 1. The van der Waals surface area contributed by atoms with Crippen LogP contribution in [-0.4, -0.2) is 132 Å². The number of hydrogen-bond acceptors (Lipinski definition) is 13. The average Bonchev–Trinajstić information content (AvgIpc) is 4.13. The van der Waals surface area contributed by atoms with Crippen LogP contribution in [-0.2, 0) is 41.1 Å². The maximum atomic E-state index is 13.9. The van der Waals surface area contributed by atoms with E-state index in [1.807, 2.05) is 26.0 Å². The Bertz CT molecular complexity index is 3230. The number of ether oxygens (including phenoxy) is 3. The van der Waals surface area contributed by atoms with E-state index < -0.39 is 33.8 Å². The highest BCUT2D eigenvalue weighted by Gasteiger charge is 2.33. The molecule has 8 rings (SSSR count). The summed E-state index contributed by atoms with van der Waals surface area (Å²) >= 11 is 0. The van der Waals surface area contributed by atoms with Crippen LogP contribution in [0.4, 0.5) is 11.9 Å². The molecule has 0 spiro atoms. The van der Waals surface area contributed by atoms with Gasteiger partial charge in [-0.05, 0) is 76.9 Å². The molecule has 23 nitrogen and oxygen atoms in total. The molecule has 6 aromatic rings. The number of benzene rings is 2. The molecule has 0 radical (unpaired) electrons. The van der Waals surface area contributed by atoms with Crippen LogP contribution < -0.4 is 31.6 Å². The highest BCUT2D eigenvalue weighted by molar-refractivity contribution is 7.86. The summed E-state index contributed by atoms with van der Waals surface area (Å²) in [5, 5.41) is 14.7. The molecule has 2 aromatic carbocycles. The van der Waals surface area contributed by atoms with Crippen LogP contribution in [0.25, 0.3) is 22.1 Å². The average molecular weight is 993 g/mol. The summed E-state index contributed by atoms with van der Waals surface area (Å²) in [4.78, 5) is 62.1. The third kappa shape index (κ3) is 10.6. The molecule has 2 aliphatic heterocycles. The molecule has 24 heteroatoms. The summed E-state index contributed by atoms with van der Waals surface area (Å²) in [7, 11) is -2.14. The maximum absolute atomic E-state index is 13.9. The summed E-state index contributed by atoms with van der Waals surface area (Å²) < 4.78 is 53.3. The molecule has 71 heavy (non-hydrogen) atoms. The molecular formula is C47H56N14O9S. The Labute approximate surface area is 409 Å². The van der Waals surface area contributed by atoms with Gasteiger partial charge in [-0.1, -0.05) is 24.0 Å². The van der Waals surface area contributed by atoms with Gasteiger partial charge in [0.05, 0.1) is 42.7 Å². The van der Waals surface area contributed by atoms with Gasteiger partial charge in [0, 0.05) is 69.4 Å². The predicted octanol–water partition coefficient (Wildman–Crippen LogP) is 3.07. The fraction of sp³-hybridized carbons (Fsp3) is 0.404. The minimum atomic E-state index is -3.59. The fourth-order valence-corrected chi connectivity index (χ4v) is 10.3. The number of hydrogen-bond donors (Lipinski definition) is 4. The molecule has 2 saturated heterocycles. The van der Waals surface area contributed by atoms with Gasteiger partial charge in [-0.3, -0.25) is 39.2 Å². The molecule has 0 saturated carbocycles. The number of nitrogens with one attached hydrogen (secondary N) is 2. The molecule has 0 atom stereocenters. The van der Waals surface area contributed by atoms with Gasteiger partial charge in [0.2, 0.25) is 23.7 Å². The van der Waals surface area contributed by atoms with Crippen molar-refractivity contribution in [2.75, 3.05) is 63.7 Å². The lowest BCUT2D eigenvalue weighted by molar-refractivity contribution is 0.0695. The van der Waals surface area contributed by atoms with Crippen molar-refractivity contribution in [2.24, 2.45) is 17.4 Å². The van der Waals surface area contributed by atoms with Gasteiger partial charge < -0.3 is 34.8 Å². The van der Waals surface area contributed by atoms with Crippen molar-refractivity contribution in [2.45, 2.75) is 66.7 Å². The summed E-state index contributed by atoms with van der Waals surface area (Å²) in [6.07, 6.45) is 4.72. The molecule has 6 heterocycles. The van der Waals surface area contributed by atoms with E-state index in [1.165, 1.54) is 40.0 Å². The zero-order valence-corrected chi connectivity index (χ0v) is 40.9. The molecule has 374 valence electrons. The van der Waals surface area contributed by atoms with E-state index in [0.29, 0.717) is 110 Å². The zero-order chi connectivity index (χ0) is 50.6. The van der Waals surface area contributed by atoms with Crippen LogP contribution in [0.2, 0.25) is 0 Å². The number of amides is 4. The first-order chi connectivity index (χ1) is 34.1. The predicted molar refractivity (Wildman–Crippen MR) is 262 cm³/mol. The fourth-order valence-electron chi connectivity index (χ4n) is 8.66. The van der Waals surface area contributed by atoms with E-state index in [4.69, 9.17) is 35.6 Å². The Kier molecular flexibility index (Phi) is 14.9. The number of nitrogens with two attached hydrogens (primary N) is 2. The van der Waals surface area contributed by atoms with Crippen molar-refractivity contribution in [3.63, 3.8) is 0 Å². The maximum Gasteiger partial charge on any atom is 0.282 e. The number of anilines is 2. The molecule has 4 amide bonds. The van der Waals surface area contributed by atoms with Gasteiger partial charge in [-0.2, -0.15) is 27.2 Å². The van der Waals surface area contributed by atoms with Crippen LogP contribution in [0, 0.1) is 31.6 Å². The topological polar surface area (TPSA) is 284 Å². The minimum Gasteiger partial charge on any atom is -0.494 e. The molecule has 2 fully saturated rings. The van der Waals surface area contributed by atoms with Crippen LogP contribution in [0.1, 0.15) is 79.8 Å². The van der Waals surface area contributed by atoms with Crippen molar-refractivity contribution in [1.82, 2.24) is 47.3 Å². The number of rotatable bonds is 17. The van der Waals surface area contributed by atoms with Gasteiger partial charge in [-0.15, -0.1) is 0 Å². The standard InChI is InChI=1S/C47H56N14O9S/c1-6-60-36(23-29(3)54-60)44(64)52-46-50-34-25-32(42(48)62)27-38(68-5)40(34)58(46)14-8-9-15-59-41-35(51-47(59)53-45(65)37-24-30(4)55-61(37)7-2)26-33(43(49)63)28-39(41)70-20-10-11-31-12-16-56(17-13-31)71(66,67)57-18-21-69-22-19-57/h8-9,23-28,31H,6-7,12-22H2,1-5H3,(H2,48,62)(H2,49,63)(H,50,52,64)(H,51,53,65)/b9-8+. The lowest BCUT2D eigenvalue weighted by Crippen LogP contribution is -2.50. The van der Waals surface area contributed by atoms with Crippen LogP contribution in [0.15, 0.2) is 48.6 Å². The Hall–Kier alpha value is -7.59. The van der Waals surface area contributed by atoms with E-state index in [2.05, 4.69) is 32.7 Å². The first-order valence-electron chi connectivity index (χ1n) is 23.1. The number of aromatic nitrogens is 8. The lowest BCUT2D eigenvalue weighted by atomic mass is 9.99. The highest BCUT2D eigenvalue weighted by atomic mass is 32.2. The normalized spacial score (nSPS) is 15.0. The number of carbonyl (C=O) groups is 4. The number of carbonyl (C=O) groups excluding carboxylic acids is 4. The van der Waals surface area contributed by atoms with E-state index in [9.17, 15) is 27.6 Å². The second-order valence-corrected chi connectivity index (χ2v) is 18.8. The summed E-state index contributed by atoms with van der Waals surface area (Å²) in [5.74, 6) is 4.67. The van der Waals surface area contributed by atoms with E-state index >= 15 is 0 Å². The van der Waals surface area contributed by atoms with Gasteiger partial charge >= 0.3 is 0 Å². The molecule has 4 aromatic heterocycles. The van der Waals surface area contributed by atoms with Gasteiger partial charge in [0.1, 0.15) is 40.5 Å². The number of morpholine rings is 1. The van der Waals surface area contributed by atoms with Crippen LogP contribution in [0.3, 0.4) is 0 Å². The molecule has 0 aliphatic carbocycles. The number of aryl methyl sites for hydroxylation is 4. The van der Waals surface area contributed by atoms with E-state index in [1.54, 1.807) is 44.5 Å². The number of allylic oxidation sites excluding steroid dienone is 2. The highest BCUT2D eigenvalue weighted by Crippen LogP contribution is 2.33. The largest absolute Gasteiger partial charge is 0.494 e. The van der Waals surface area contributed by atoms with Gasteiger partial charge in [-0.25, -0.2) is 9.97 Å². The first-order valence-corrected chi connectivity index (χ1v) is 24.5. The molecular weight excluding hydrogens is 937 g/mol. The Balaban J connectivity index is 1.10. The summed E-state index contributed by atoms with van der Waals surface area (Å²) in [5.41, 5.74) is 15.2. The van der Waals surface area contributed by atoms with E-state index in [-0.39, 0.29) is 60.1 Å². The monoisotopic (exact) mass is 992 g/mol. The van der Waals surface area contributed by atoms with Crippen LogP contribution >= 0.6 is 0 Å².